The van der Waals surface area contributed by atoms with Crippen LogP contribution in [0.25, 0.3) is 10.9 Å². The van der Waals surface area contributed by atoms with Gasteiger partial charge in [0.05, 0.1) is 22.7 Å². The average Bonchev–Trinajstić information content (AvgIpc) is 3.22. The molecule has 0 atom stereocenters. The van der Waals surface area contributed by atoms with Crippen LogP contribution < -0.4 is 9.64 Å². The van der Waals surface area contributed by atoms with Crippen LogP contribution >= 0.6 is 11.6 Å². The van der Waals surface area contributed by atoms with E-state index >= 15 is 0 Å². The molecule has 146 valence electrons. The topological polar surface area (TPSA) is 59.5 Å². The molecule has 28 heavy (non-hydrogen) atoms. The molecule has 2 aromatic carbocycles. The molecule has 4 rings (SSSR count). The molecule has 1 aromatic heterocycles. The van der Waals surface area contributed by atoms with Crippen LogP contribution in [0.1, 0.15) is 19.8 Å². The van der Waals surface area contributed by atoms with Gasteiger partial charge in [0.15, 0.2) is 0 Å². The van der Waals surface area contributed by atoms with Crippen LogP contribution in [0.4, 0.5) is 5.69 Å². The van der Waals surface area contributed by atoms with Gasteiger partial charge in [0.2, 0.25) is 9.84 Å². The van der Waals surface area contributed by atoms with Gasteiger partial charge in [0.25, 0.3) is 0 Å². The number of halogens is 1. The van der Waals surface area contributed by atoms with Gasteiger partial charge in [0, 0.05) is 29.7 Å². The highest BCUT2D eigenvalue weighted by molar-refractivity contribution is 7.91. The number of ether oxygens (including phenoxy) is 1. The average molecular weight is 417 g/mol. The number of sulfone groups is 1. The molecule has 1 aliphatic heterocycles. The van der Waals surface area contributed by atoms with Crippen molar-refractivity contribution in [2.75, 3.05) is 24.6 Å². The third-order valence-corrected chi connectivity index (χ3v) is 6.95. The van der Waals surface area contributed by atoms with Crippen LogP contribution in [0.3, 0.4) is 0 Å². The molecule has 0 bridgehead atoms. The van der Waals surface area contributed by atoms with Gasteiger partial charge in [-0.05, 0) is 62.2 Å². The highest BCUT2D eigenvalue weighted by atomic mass is 35.5. The van der Waals surface area contributed by atoms with Gasteiger partial charge in [-0.15, -0.1) is 0 Å². The van der Waals surface area contributed by atoms with E-state index in [-0.39, 0.29) is 9.79 Å². The Morgan fingerprint density at radius 1 is 1.11 bits per heavy atom. The van der Waals surface area contributed by atoms with Crippen molar-refractivity contribution in [1.82, 2.24) is 4.98 Å². The fourth-order valence-electron chi connectivity index (χ4n) is 3.60. The molecule has 1 aliphatic rings. The van der Waals surface area contributed by atoms with Crippen LogP contribution in [0.5, 0.6) is 5.75 Å². The molecule has 7 heteroatoms. The van der Waals surface area contributed by atoms with E-state index < -0.39 is 9.84 Å². The first-order valence-electron chi connectivity index (χ1n) is 9.32. The summed E-state index contributed by atoms with van der Waals surface area (Å²) in [6, 6.07) is 11.9. The summed E-state index contributed by atoms with van der Waals surface area (Å²) in [5.41, 5.74) is 1.46. The van der Waals surface area contributed by atoms with E-state index in [0.29, 0.717) is 23.1 Å². The normalized spacial score (nSPS) is 14.6. The minimum atomic E-state index is -3.74. The summed E-state index contributed by atoms with van der Waals surface area (Å²) in [5, 5.41) is 1.29. The molecule has 0 radical (unpaired) electrons. The number of hydrogen-bond donors (Lipinski definition) is 0. The summed E-state index contributed by atoms with van der Waals surface area (Å²) in [6.07, 6.45) is 3.55. The van der Waals surface area contributed by atoms with Crippen LogP contribution in [0, 0.1) is 0 Å². The van der Waals surface area contributed by atoms with Gasteiger partial charge in [-0.2, -0.15) is 0 Å². The van der Waals surface area contributed by atoms with E-state index in [1.165, 1.54) is 18.3 Å². The molecule has 5 nitrogen and oxygen atoms in total. The molecule has 0 N–H and O–H groups in total. The molecule has 0 aliphatic carbocycles. The number of pyridine rings is 1. The van der Waals surface area contributed by atoms with Crippen molar-refractivity contribution in [3.63, 3.8) is 0 Å². The first-order chi connectivity index (χ1) is 13.5. The second kappa shape index (κ2) is 7.60. The number of nitrogens with zero attached hydrogens (tertiary/aromatic N) is 2. The maximum atomic E-state index is 13.4. The molecular weight excluding hydrogens is 396 g/mol. The minimum Gasteiger partial charge on any atom is -0.494 e. The molecule has 2 heterocycles. The summed E-state index contributed by atoms with van der Waals surface area (Å²) < 4.78 is 32.5. The largest absolute Gasteiger partial charge is 0.494 e. The fourth-order valence-corrected chi connectivity index (χ4v) is 5.16. The lowest BCUT2D eigenvalue weighted by atomic mass is 10.1. The maximum Gasteiger partial charge on any atom is 0.210 e. The molecule has 0 unspecified atom stereocenters. The second-order valence-electron chi connectivity index (χ2n) is 6.73. The zero-order valence-electron chi connectivity index (χ0n) is 15.6. The Morgan fingerprint density at radius 3 is 2.50 bits per heavy atom. The number of aromatic nitrogens is 1. The summed E-state index contributed by atoms with van der Waals surface area (Å²) >= 11 is 5.94. The lowest BCUT2D eigenvalue weighted by Crippen LogP contribution is -2.21. The lowest BCUT2D eigenvalue weighted by molar-refractivity contribution is 0.340. The van der Waals surface area contributed by atoms with Gasteiger partial charge < -0.3 is 9.64 Å². The van der Waals surface area contributed by atoms with E-state index in [1.807, 2.05) is 25.1 Å². The van der Waals surface area contributed by atoms with E-state index in [1.54, 1.807) is 12.1 Å². The van der Waals surface area contributed by atoms with Crippen LogP contribution in [0.15, 0.2) is 58.5 Å². The Bertz CT molecular complexity index is 1110. The predicted molar refractivity (Wildman–Crippen MR) is 111 cm³/mol. The highest BCUT2D eigenvalue weighted by Gasteiger charge is 2.28. The molecule has 0 amide bonds. The zero-order chi connectivity index (χ0) is 19.7. The van der Waals surface area contributed by atoms with E-state index in [9.17, 15) is 8.42 Å². The Morgan fingerprint density at radius 2 is 1.82 bits per heavy atom. The minimum absolute atomic E-state index is 0.208. The van der Waals surface area contributed by atoms with Crippen LogP contribution in [-0.4, -0.2) is 33.1 Å². The predicted octanol–water partition coefficient (Wildman–Crippen LogP) is 4.72. The van der Waals surface area contributed by atoms with Gasteiger partial charge in [-0.1, -0.05) is 11.6 Å². The van der Waals surface area contributed by atoms with Crippen LogP contribution in [-0.2, 0) is 9.84 Å². The van der Waals surface area contributed by atoms with Crippen molar-refractivity contribution in [2.24, 2.45) is 0 Å². The van der Waals surface area contributed by atoms with Crippen molar-refractivity contribution in [3.8, 4) is 5.75 Å². The van der Waals surface area contributed by atoms with Crippen LogP contribution in [0.2, 0.25) is 5.02 Å². The molecule has 3 aromatic rings. The number of hydrogen-bond acceptors (Lipinski definition) is 5. The second-order valence-corrected chi connectivity index (χ2v) is 9.09. The fraction of sp³-hybridized carbons (Fsp3) is 0.286. The Hall–Kier alpha value is -2.31. The molecule has 0 saturated carbocycles. The van der Waals surface area contributed by atoms with Crippen molar-refractivity contribution in [3.05, 3.63) is 53.7 Å². The zero-order valence-corrected chi connectivity index (χ0v) is 17.1. The quantitative estimate of drug-likeness (QED) is 0.602. The van der Waals surface area contributed by atoms with Gasteiger partial charge >= 0.3 is 0 Å². The molecular formula is C21H21ClN2O3S. The number of fused-ring (bicyclic) bond motifs is 1. The number of benzene rings is 2. The van der Waals surface area contributed by atoms with Gasteiger partial charge in [-0.3, -0.25) is 4.98 Å². The first kappa shape index (κ1) is 19.0. The van der Waals surface area contributed by atoms with Crippen molar-refractivity contribution >= 4 is 38.0 Å². The molecule has 0 spiro atoms. The smallest absolute Gasteiger partial charge is 0.210 e. The summed E-state index contributed by atoms with van der Waals surface area (Å²) in [5.74, 6) is 0.707. The van der Waals surface area contributed by atoms with Gasteiger partial charge in [0.1, 0.15) is 10.6 Å². The molecule has 1 saturated heterocycles. The summed E-state index contributed by atoms with van der Waals surface area (Å²) in [7, 11) is -3.74. The number of anilines is 1. The Balaban J connectivity index is 1.96. The first-order valence-corrected chi connectivity index (χ1v) is 11.2. The third kappa shape index (κ3) is 3.42. The van der Waals surface area contributed by atoms with E-state index in [2.05, 4.69) is 9.88 Å². The van der Waals surface area contributed by atoms with Crippen molar-refractivity contribution < 1.29 is 13.2 Å². The standard InChI is InChI=1S/C21H21ClN2O3S/c1-2-27-16-7-10-19-18(13-16)21(24-11-3-4-12-24)20(14-23-19)28(25,26)17-8-5-15(22)6-9-17/h5-10,13-14H,2-4,11-12H2,1H3. The Labute approximate surface area is 169 Å². The van der Waals surface area contributed by atoms with Crippen molar-refractivity contribution in [2.45, 2.75) is 29.6 Å². The Kier molecular flexibility index (Phi) is 5.17. The molecule has 1 fully saturated rings. The highest BCUT2D eigenvalue weighted by Crippen LogP contribution is 2.38. The SMILES string of the molecule is CCOc1ccc2ncc(S(=O)(=O)c3ccc(Cl)cc3)c(N3CCCC3)c2c1. The third-order valence-electron chi connectivity index (χ3n) is 4.92. The number of rotatable bonds is 5. The van der Waals surface area contributed by atoms with Crippen molar-refractivity contribution in [1.29, 1.82) is 0 Å². The van der Waals surface area contributed by atoms with E-state index in [4.69, 9.17) is 16.3 Å². The van der Waals surface area contributed by atoms with Gasteiger partial charge in [-0.25, -0.2) is 8.42 Å². The maximum absolute atomic E-state index is 13.4. The summed E-state index contributed by atoms with van der Waals surface area (Å²) in [6.45, 7) is 4.11. The lowest BCUT2D eigenvalue weighted by Gasteiger charge is -2.23. The summed E-state index contributed by atoms with van der Waals surface area (Å²) in [4.78, 5) is 7.01. The monoisotopic (exact) mass is 416 g/mol. The van der Waals surface area contributed by atoms with E-state index in [0.717, 1.165) is 36.8 Å².